The lowest BCUT2D eigenvalue weighted by Crippen LogP contribution is -2.24. The zero-order valence-corrected chi connectivity index (χ0v) is 12.1. The van der Waals surface area contributed by atoms with Crippen molar-refractivity contribution in [2.75, 3.05) is 13.7 Å². The molecule has 1 fully saturated rings. The summed E-state index contributed by atoms with van der Waals surface area (Å²) in [5, 5.41) is 9.94. The van der Waals surface area contributed by atoms with E-state index in [1.807, 2.05) is 18.3 Å². The lowest BCUT2D eigenvalue weighted by atomic mass is 9.88. The van der Waals surface area contributed by atoms with Gasteiger partial charge in [0.1, 0.15) is 0 Å². The molecule has 0 bridgehead atoms. The molecule has 0 spiro atoms. The fraction of sp³-hybridized carbons (Fsp3) is 0.250. The van der Waals surface area contributed by atoms with E-state index in [9.17, 15) is 9.90 Å². The van der Waals surface area contributed by atoms with Crippen LogP contribution in [0.25, 0.3) is 0 Å². The van der Waals surface area contributed by atoms with Gasteiger partial charge in [0.15, 0.2) is 17.8 Å². The quantitative estimate of drug-likeness (QED) is 0.743. The average Bonchev–Trinajstić information content (AvgIpc) is 3.05. The van der Waals surface area contributed by atoms with Crippen molar-refractivity contribution in [3.63, 3.8) is 0 Å². The molecule has 114 valence electrons. The first-order valence-corrected chi connectivity index (χ1v) is 6.99. The summed E-state index contributed by atoms with van der Waals surface area (Å²) in [6.45, 7) is 0.700. The fourth-order valence-corrected chi connectivity index (χ4v) is 2.79. The number of nitrogens with one attached hydrogen (secondary N) is 2. The summed E-state index contributed by atoms with van der Waals surface area (Å²) in [7, 11) is 1.47. The first-order chi connectivity index (χ1) is 10.7. The van der Waals surface area contributed by atoms with E-state index in [1.54, 1.807) is 18.3 Å². The molecule has 6 nitrogen and oxygen atoms in total. The van der Waals surface area contributed by atoms with Crippen molar-refractivity contribution in [3.8, 4) is 11.5 Å². The van der Waals surface area contributed by atoms with Crippen LogP contribution < -0.4 is 15.6 Å². The van der Waals surface area contributed by atoms with Crippen LogP contribution in [0.3, 0.4) is 0 Å². The van der Waals surface area contributed by atoms with Gasteiger partial charge in [0.25, 0.3) is 0 Å². The van der Waals surface area contributed by atoms with Gasteiger partial charge in [-0.25, -0.2) is 5.43 Å². The molecule has 1 saturated heterocycles. The second kappa shape index (κ2) is 6.13. The molecule has 2 unspecified atom stereocenters. The number of methoxy groups -OCH3 is 1. The summed E-state index contributed by atoms with van der Waals surface area (Å²) in [5.74, 6) is 0.270. The molecule has 1 aliphatic heterocycles. The number of ether oxygens (including phenoxy) is 1. The maximum atomic E-state index is 11.2. The molecular weight excluding hydrogens is 282 g/mol. The molecule has 1 aromatic carbocycles. The van der Waals surface area contributed by atoms with E-state index in [-0.39, 0.29) is 23.3 Å². The fourth-order valence-electron chi connectivity index (χ4n) is 2.79. The van der Waals surface area contributed by atoms with Gasteiger partial charge in [-0.15, -0.1) is 0 Å². The molecule has 2 heterocycles. The van der Waals surface area contributed by atoms with Gasteiger partial charge in [0.2, 0.25) is 0 Å². The maximum absolute atomic E-state index is 11.2. The van der Waals surface area contributed by atoms with E-state index in [4.69, 9.17) is 4.74 Å². The molecule has 1 aliphatic rings. The number of hydrazine groups is 1. The lowest BCUT2D eigenvalue weighted by molar-refractivity contribution is 0.112. The van der Waals surface area contributed by atoms with Crippen LogP contribution in [0.15, 0.2) is 36.7 Å². The van der Waals surface area contributed by atoms with Crippen molar-refractivity contribution in [3.05, 3.63) is 53.3 Å². The summed E-state index contributed by atoms with van der Waals surface area (Å²) < 4.78 is 5.17. The molecular formula is C16H17N3O3. The molecule has 2 atom stereocenters. The molecule has 3 rings (SSSR count). The van der Waals surface area contributed by atoms with E-state index in [1.165, 1.54) is 7.11 Å². The zero-order valence-electron chi connectivity index (χ0n) is 12.1. The Morgan fingerprint density at radius 3 is 2.95 bits per heavy atom. The number of nitrogens with zero attached hydrogens (tertiary/aromatic N) is 1. The van der Waals surface area contributed by atoms with Crippen LogP contribution in [0.1, 0.15) is 33.4 Å². The number of hydrogen-bond donors (Lipinski definition) is 3. The Bertz CT molecular complexity index is 676. The van der Waals surface area contributed by atoms with Crippen molar-refractivity contribution in [1.29, 1.82) is 0 Å². The predicted octanol–water partition coefficient (Wildman–Crippen LogP) is 1.54. The number of benzene rings is 1. The van der Waals surface area contributed by atoms with Crippen LogP contribution in [0.4, 0.5) is 0 Å². The van der Waals surface area contributed by atoms with Gasteiger partial charge in [-0.1, -0.05) is 6.07 Å². The van der Waals surface area contributed by atoms with Crippen LogP contribution in [0.5, 0.6) is 11.5 Å². The van der Waals surface area contributed by atoms with Gasteiger partial charge < -0.3 is 9.84 Å². The molecule has 2 aromatic rings. The van der Waals surface area contributed by atoms with Crippen molar-refractivity contribution in [2.45, 2.75) is 12.0 Å². The Kier molecular flexibility index (Phi) is 4.04. The number of aromatic nitrogens is 1. The molecule has 3 N–H and O–H groups in total. The minimum Gasteiger partial charge on any atom is -0.504 e. The standard InChI is InChI=1S/C16H17N3O3/c1-22-14-6-11(5-12(9-20)16(14)21)13-8-18-19-15(13)10-3-2-4-17-7-10/h2-7,9,13,15,18-19,21H,8H2,1H3. The predicted molar refractivity (Wildman–Crippen MR) is 80.9 cm³/mol. The van der Waals surface area contributed by atoms with Crippen molar-refractivity contribution in [1.82, 2.24) is 15.8 Å². The minimum absolute atomic E-state index is 0.0300. The minimum atomic E-state index is -0.127. The monoisotopic (exact) mass is 299 g/mol. The number of phenols is 1. The molecule has 0 radical (unpaired) electrons. The largest absolute Gasteiger partial charge is 0.504 e. The third-order valence-electron chi connectivity index (χ3n) is 3.93. The lowest BCUT2D eigenvalue weighted by Gasteiger charge is -2.20. The number of rotatable bonds is 4. The molecule has 0 amide bonds. The van der Waals surface area contributed by atoms with E-state index >= 15 is 0 Å². The third kappa shape index (κ3) is 2.54. The number of hydrogen-bond acceptors (Lipinski definition) is 6. The Morgan fingerprint density at radius 2 is 2.27 bits per heavy atom. The normalized spacial score (nSPS) is 20.8. The second-order valence-corrected chi connectivity index (χ2v) is 5.17. The summed E-state index contributed by atoms with van der Waals surface area (Å²) in [6.07, 6.45) is 4.18. The molecule has 6 heteroatoms. The van der Waals surface area contributed by atoms with Gasteiger partial charge in [0, 0.05) is 24.9 Å². The van der Waals surface area contributed by atoms with Crippen LogP contribution in [-0.4, -0.2) is 30.0 Å². The third-order valence-corrected chi connectivity index (χ3v) is 3.93. The van der Waals surface area contributed by atoms with E-state index in [0.29, 0.717) is 18.6 Å². The summed E-state index contributed by atoms with van der Waals surface area (Å²) in [5.41, 5.74) is 8.57. The number of phenolic OH excluding ortho intramolecular Hbond substituents is 1. The summed E-state index contributed by atoms with van der Waals surface area (Å²) >= 11 is 0. The van der Waals surface area contributed by atoms with Crippen LogP contribution in [0, 0.1) is 0 Å². The first-order valence-electron chi connectivity index (χ1n) is 6.99. The number of aldehydes is 1. The smallest absolute Gasteiger partial charge is 0.168 e. The van der Waals surface area contributed by atoms with Gasteiger partial charge in [-0.05, 0) is 29.3 Å². The Morgan fingerprint density at radius 1 is 1.41 bits per heavy atom. The van der Waals surface area contributed by atoms with E-state index < -0.39 is 0 Å². The Balaban J connectivity index is 2.01. The van der Waals surface area contributed by atoms with Crippen LogP contribution >= 0.6 is 0 Å². The van der Waals surface area contributed by atoms with Crippen LogP contribution in [0.2, 0.25) is 0 Å². The molecule has 0 saturated carbocycles. The zero-order chi connectivity index (χ0) is 15.5. The Hall–Kier alpha value is -2.44. The SMILES string of the molecule is COc1cc(C2CNNC2c2cccnc2)cc(C=O)c1O. The summed E-state index contributed by atoms with van der Waals surface area (Å²) in [4.78, 5) is 15.3. The van der Waals surface area contributed by atoms with Crippen molar-refractivity contribution >= 4 is 6.29 Å². The van der Waals surface area contributed by atoms with Crippen molar-refractivity contribution < 1.29 is 14.6 Å². The summed E-state index contributed by atoms with van der Waals surface area (Å²) in [6, 6.07) is 7.39. The van der Waals surface area contributed by atoms with Gasteiger partial charge in [-0.3, -0.25) is 15.2 Å². The van der Waals surface area contributed by atoms with Crippen LogP contribution in [-0.2, 0) is 0 Å². The van der Waals surface area contributed by atoms with E-state index in [2.05, 4.69) is 15.8 Å². The number of pyridine rings is 1. The average molecular weight is 299 g/mol. The number of carbonyl (C=O) groups is 1. The van der Waals surface area contributed by atoms with Gasteiger partial charge in [-0.2, -0.15) is 0 Å². The topological polar surface area (TPSA) is 83.5 Å². The molecule has 1 aromatic heterocycles. The Labute approximate surface area is 128 Å². The van der Waals surface area contributed by atoms with Gasteiger partial charge in [0.05, 0.1) is 18.7 Å². The maximum Gasteiger partial charge on any atom is 0.168 e. The highest BCUT2D eigenvalue weighted by Crippen LogP contribution is 2.38. The van der Waals surface area contributed by atoms with E-state index in [0.717, 1.165) is 11.1 Å². The second-order valence-electron chi connectivity index (χ2n) is 5.17. The highest BCUT2D eigenvalue weighted by Gasteiger charge is 2.31. The highest BCUT2D eigenvalue weighted by molar-refractivity contribution is 5.81. The number of carbonyl (C=O) groups excluding carboxylic acids is 1. The highest BCUT2D eigenvalue weighted by atomic mass is 16.5. The number of aromatic hydroxyl groups is 1. The van der Waals surface area contributed by atoms with Crippen molar-refractivity contribution in [2.24, 2.45) is 0 Å². The molecule has 22 heavy (non-hydrogen) atoms. The van der Waals surface area contributed by atoms with Gasteiger partial charge >= 0.3 is 0 Å². The first kappa shape index (κ1) is 14.5. The molecule has 0 aliphatic carbocycles.